The Morgan fingerprint density at radius 3 is 3.04 bits per heavy atom. The summed E-state index contributed by atoms with van der Waals surface area (Å²) in [6.45, 7) is 4.77. The van der Waals surface area contributed by atoms with Crippen LogP contribution in [-0.2, 0) is 0 Å². The van der Waals surface area contributed by atoms with Crippen molar-refractivity contribution in [1.29, 1.82) is 0 Å². The molecule has 2 saturated heterocycles. The van der Waals surface area contributed by atoms with Gasteiger partial charge in [-0.25, -0.2) is 9.78 Å². The summed E-state index contributed by atoms with van der Waals surface area (Å²) in [5.74, 6) is 0.390. The fourth-order valence-electron chi connectivity index (χ4n) is 3.54. The molecule has 2 aromatic rings. The molecule has 1 atom stereocenters. The summed E-state index contributed by atoms with van der Waals surface area (Å²) in [7, 11) is 0. The van der Waals surface area contributed by atoms with Gasteiger partial charge >= 0.3 is 6.03 Å². The largest absolute Gasteiger partial charge is 0.477 e. The Kier molecular flexibility index (Phi) is 4.36. The van der Waals surface area contributed by atoms with Gasteiger partial charge in [-0.3, -0.25) is 4.79 Å². The van der Waals surface area contributed by atoms with Crippen LogP contribution in [0.5, 0.6) is 5.88 Å². The highest BCUT2D eigenvalue weighted by Gasteiger charge is 2.37. The lowest BCUT2D eigenvalue weighted by Gasteiger charge is -2.36. The Labute approximate surface area is 151 Å². The second-order valence-corrected chi connectivity index (χ2v) is 6.67. The predicted octanol–water partition coefficient (Wildman–Crippen LogP) is 1.87. The number of benzene rings is 1. The van der Waals surface area contributed by atoms with Crippen LogP contribution in [-0.4, -0.2) is 65.5 Å². The van der Waals surface area contributed by atoms with Crippen molar-refractivity contribution in [2.24, 2.45) is 0 Å². The monoisotopic (exact) mass is 354 g/mol. The van der Waals surface area contributed by atoms with E-state index in [2.05, 4.69) is 10.3 Å². The average Bonchev–Trinajstić information content (AvgIpc) is 3.05. The summed E-state index contributed by atoms with van der Waals surface area (Å²) in [6, 6.07) is 9.61. The minimum atomic E-state index is -0.115. The fourth-order valence-corrected chi connectivity index (χ4v) is 3.54. The number of pyridine rings is 1. The van der Waals surface area contributed by atoms with Crippen molar-refractivity contribution in [2.75, 3.05) is 32.8 Å². The Hall–Kier alpha value is -2.83. The molecule has 1 aromatic heterocycles. The smallest absolute Gasteiger partial charge is 0.317 e. The normalized spacial score (nSPS) is 19.4. The predicted molar refractivity (Wildman–Crippen MR) is 97.3 cm³/mol. The van der Waals surface area contributed by atoms with E-state index in [1.165, 1.54) is 0 Å². The number of aromatic nitrogens is 1. The van der Waals surface area contributed by atoms with Crippen LogP contribution in [0.15, 0.2) is 30.3 Å². The number of urea groups is 1. The van der Waals surface area contributed by atoms with Gasteiger partial charge in [-0.2, -0.15) is 0 Å². The number of ether oxygens (including phenoxy) is 1. The first-order valence-corrected chi connectivity index (χ1v) is 9.03. The molecule has 7 nitrogen and oxygen atoms in total. The van der Waals surface area contributed by atoms with Crippen molar-refractivity contribution in [3.05, 3.63) is 36.0 Å². The lowest BCUT2D eigenvalue weighted by atomic mass is 10.1. The van der Waals surface area contributed by atoms with E-state index < -0.39 is 0 Å². The first kappa shape index (κ1) is 16.6. The van der Waals surface area contributed by atoms with Gasteiger partial charge in [-0.1, -0.05) is 25.1 Å². The summed E-state index contributed by atoms with van der Waals surface area (Å²) in [5.41, 5.74) is 0.389. The van der Waals surface area contributed by atoms with Crippen LogP contribution in [0.3, 0.4) is 0 Å². The highest BCUT2D eigenvalue weighted by Crippen LogP contribution is 2.26. The van der Waals surface area contributed by atoms with Crippen LogP contribution >= 0.6 is 0 Å². The molecule has 1 N–H and O–H groups in total. The topological polar surface area (TPSA) is 74.8 Å². The number of nitrogens with zero attached hydrogens (tertiary/aromatic N) is 3. The van der Waals surface area contributed by atoms with Crippen LogP contribution in [0.4, 0.5) is 4.79 Å². The van der Waals surface area contributed by atoms with E-state index in [9.17, 15) is 9.59 Å². The van der Waals surface area contributed by atoms with Crippen molar-refractivity contribution >= 4 is 22.7 Å². The van der Waals surface area contributed by atoms with E-state index in [1.807, 2.05) is 37.3 Å². The number of amides is 3. The van der Waals surface area contributed by atoms with E-state index in [0.29, 0.717) is 44.4 Å². The molecule has 3 amide bonds. The van der Waals surface area contributed by atoms with Crippen LogP contribution in [0.2, 0.25) is 0 Å². The Bertz CT molecular complexity index is 854. The molecule has 1 aromatic carbocycles. The molecule has 2 aliphatic rings. The number of carbonyl (C=O) groups excluding carboxylic acids is 2. The maximum atomic E-state index is 13.0. The van der Waals surface area contributed by atoms with E-state index in [4.69, 9.17) is 4.74 Å². The lowest BCUT2D eigenvalue weighted by Crippen LogP contribution is -2.53. The van der Waals surface area contributed by atoms with Crippen molar-refractivity contribution < 1.29 is 14.3 Å². The van der Waals surface area contributed by atoms with Crippen molar-refractivity contribution in [1.82, 2.24) is 20.1 Å². The van der Waals surface area contributed by atoms with Crippen LogP contribution in [0, 0.1) is 0 Å². The van der Waals surface area contributed by atoms with Gasteiger partial charge in [0.25, 0.3) is 5.91 Å². The van der Waals surface area contributed by atoms with Gasteiger partial charge in [0.05, 0.1) is 12.6 Å². The Morgan fingerprint density at radius 2 is 2.19 bits per heavy atom. The van der Waals surface area contributed by atoms with Crippen molar-refractivity contribution in [3.8, 4) is 5.88 Å². The standard InChI is InChI=1S/C19H22N4O3/c1-2-9-26-17-15-6-4-3-5-13(15)10-16(21-17)18(24)22-7-8-23-14(12-22)11-20-19(23)25/h3-6,10,14H,2,7-9,11-12H2,1H3,(H,20,25)/t14-/m0/s1. The second kappa shape index (κ2) is 6.82. The molecule has 2 aliphatic heterocycles. The summed E-state index contributed by atoms with van der Waals surface area (Å²) in [5, 5.41) is 4.68. The third kappa shape index (κ3) is 2.94. The maximum Gasteiger partial charge on any atom is 0.317 e. The molecular formula is C19H22N4O3. The van der Waals surface area contributed by atoms with Crippen LogP contribution in [0.1, 0.15) is 23.8 Å². The molecule has 7 heteroatoms. The third-order valence-corrected chi connectivity index (χ3v) is 4.89. The van der Waals surface area contributed by atoms with Gasteiger partial charge in [0, 0.05) is 31.6 Å². The second-order valence-electron chi connectivity index (χ2n) is 6.67. The van der Waals surface area contributed by atoms with Crippen molar-refractivity contribution in [3.63, 3.8) is 0 Å². The molecule has 0 bridgehead atoms. The first-order chi connectivity index (χ1) is 12.7. The quantitative estimate of drug-likeness (QED) is 0.910. The number of fused-ring (bicyclic) bond motifs is 2. The number of hydrogen-bond acceptors (Lipinski definition) is 4. The molecule has 0 unspecified atom stereocenters. The number of rotatable bonds is 4. The molecular weight excluding hydrogens is 332 g/mol. The van der Waals surface area contributed by atoms with Gasteiger partial charge in [0.15, 0.2) is 0 Å². The SMILES string of the molecule is CCCOc1nc(C(=O)N2CCN3C(=O)NC[C@H]3C2)cc2ccccc12. The number of hydrogen-bond donors (Lipinski definition) is 1. The summed E-state index contributed by atoms with van der Waals surface area (Å²) in [4.78, 5) is 32.8. The van der Waals surface area contributed by atoms with Crippen LogP contribution in [0.25, 0.3) is 10.8 Å². The van der Waals surface area contributed by atoms with Gasteiger partial charge < -0.3 is 19.9 Å². The molecule has 0 aliphatic carbocycles. The minimum Gasteiger partial charge on any atom is -0.477 e. The van der Waals surface area contributed by atoms with E-state index in [-0.39, 0.29) is 18.0 Å². The summed E-state index contributed by atoms with van der Waals surface area (Å²) < 4.78 is 5.79. The fraction of sp³-hybridized carbons (Fsp3) is 0.421. The van der Waals surface area contributed by atoms with Gasteiger partial charge in [0.1, 0.15) is 5.69 Å². The van der Waals surface area contributed by atoms with Gasteiger partial charge in [-0.15, -0.1) is 0 Å². The zero-order valence-corrected chi connectivity index (χ0v) is 14.8. The van der Waals surface area contributed by atoms with Crippen LogP contribution < -0.4 is 10.1 Å². The summed E-state index contributed by atoms with van der Waals surface area (Å²) >= 11 is 0. The number of nitrogens with one attached hydrogen (secondary N) is 1. The molecule has 26 heavy (non-hydrogen) atoms. The molecule has 4 rings (SSSR count). The Morgan fingerprint density at radius 1 is 1.35 bits per heavy atom. The molecule has 3 heterocycles. The zero-order chi connectivity index (χ0) is 18.1. The lowest BCUT2D eigenvalue weighted by molar-refractivity contribution is 0.0610. The van der Waals surface area contributed by atoms with E-state index in [1.54, 1.807) is 9.80 Å². The molecule has 0 spiro atoms. The molecule has 0 radical (unpaired) electrons. The highest BCUT2D eigenvalue weighted by atomic mass is 16.5. The maximum absolute atomic E-state index is 13.0. The van der Waals surface area contributed by atoms with E-state index >= 15 is 0 Å². The van der Waals surface area contributed by atoms with E-state index in [0.717, 1.165) is 17.2 Å². The molecule has 136 valence electrons. The number of piperazine rings is 1. The number of carbonyl (C=O) groups is 2. The first-order valence-electron chi connectivity index (χ1n) is 9.03. The van der Waals surface area contributed by atoms with Gasteiger partial charge in [0.2, 0.25) is 5.88 Å². The average molecular weight is 354 g/mol. The third-order valence-electron chi connectivity index (χ3n) is 4.89. The minimum absolute atomic E-state index is 0.0384. The van der Waals surface area contributed by atoms with Crippen molar-refractivity contribution in [2.45, 2.75) is 19.4 Å². The molecule has 0 saturated carbocycles. The zero-order valence-electron chi connectivity index (χ0n) is 14.8. The van der Waals surface area contributed by atoms with Gasteiger partial charge in [-0.05, 0) is 23.9 Å². The molecule has 2 fully saturated rings. The highest BCUT2D eigenvalue weighted by molar-refractivity contribution is 5.98. The summed E-state index contributed by atoms with van der Waals surface area (Å²) in [6.07, 6.45) is 0.874. The Balaban J connectivity index is 1.61.